The number of carboxylic acid groups (broad SMARTS) is 1. The third kappa shape index (κ3) is 7.81. The van der Waals surface area contributed by atoms with E-state index in [4.69, 9.17) is 22.4 Å². The van der Waals surface area contributed by atoms with Gasteiger partial charge < -0.3 is 30.3 Å². The number of carboxylic acids is 1. The molecular weight excluding hydrogens is 510 g/mol. The molecule has 17 heteroatoms. The van der Waals surface area contributed by atoms with Crippen LogP contribution >= 0.6 is 11.6 Å². The van der Waals surface area contributed by atoms with E-state index < -0.39 is 52.5 Å². The highest BCUT2D eigenvalue weighted by Gasteiger charge is 2.30. The molecule has 0 saturated heterocycles. The molecule has 36 heavy (non-hydrogen) atoms. The largest absolute Gasteiger partial charge is 0.481 e. The van der Waals surface area contributed by atoms with E-state index in [1.54, 1.807) is 6.92 Å². The summed E-state index contributed by atoms with van der Waals surface area (Å²) in [7, 11) is 0. The van der Waals surface area contributed by atoms with Crippen molar-refractivity contribution >= 4 is 39.4 Å². The molecule has 1 aromatic heterocycles. The number of benzene rings is 2. The number of aliphatic carboxylic acids is 1. The minimum Gasteiger partial charge on any atom is -0.481 e. The summed E-state index contributed by atoms with van der Waals surface area (Å²) in [5.41, 5.74) is 6.18. The highest BCUT2D eigenvalue weighted by Crippen LogP contribution is 2.30. The van der Waals surface area contributed by atoms with Gasteiger partial charge in [-0.05, 0) is 36.8 Å². The maximum absolute atomic E-state index is 11.0. The fourth-order valence-electron chi connectivity index (χ4n) is 2.97. The van der Waals surface area contributed by atoms with Crippen LogP contribution in [0.2, 0.25) is 5.02 Å². The van der Waals surface area contributed by atoms with Crippen molar-refractivity contribution in [2.24, 2.45) is 5.73 Å². The average Bonchev–Trinajstić information content (AvgIpc) is 3.17. The summed E-state index contributed by atoms with van der Waals surface area (Å²) in [6.07, 6.45) is 0. The quantitative estimate of drug-likeness (QED) is 0.240. The van der Waals surface area contributed by atoms with Crippen LogP contribution in [0.5, 0.6) is 0 Å². The first kappa shape index (κ1) is 27.8. The van der Waals surface area contributed by atoms with Crippen molar-refractivity contribution in [3.05, 3.63) is 77.3 Å². The minimum atomic E-state index is -1.90. The zero-order chi connectivity index (χ0) is 27.0. The predicted octanol–water partition coefficient (Wildman–Crippen LogP) is 2.47. The molecule has 3 rings (SSSR count). The SMILES string of the molecule is CC(C(=O)O)c1ccc2c(c1)[nH]c1ccc(Cl)cc12.NC(CO[N+](=O)[O-])(CO[N+](=O)[O-])CO[N+](=O)[O-]. The van der Waals surface area contributed by atoms with Gasteiger partial charge in [0, 0.05) is 26.8 Å². The van der Waals surface area contributed by atoms with E-state index in [0.29, 0.717) is 5.02 Å². The van der Waals surface area contributed by atoms with E-state index in [1.807, 2.05) is 36.4 Å². The Morgan fingerprint density at radius 1 is 0.972 bits per heavy atom. The highest BCUT2D eigenvalue weighted by molar-refractivity contribution is 6.31. The van der Waals surface area contributed by atoms with Gasteiger partial charge in [-0.15, -0.1) is 30.3 Å². The number of hydrogen-bond acceptors (Lipinski definition) is 11. The number of rotatable bonds is 11. The van der Waals surface area contributed by atoms with Crippen molar-refractivity contribution in [1.29, 1.82) is 0 Å². The Balaban J connectivity index is 0.000000256. The van der Waals surface area contributed by atoms with Gasteiger partial charge >= 0.3 is 5.97 Å². The molecule has 2 aromatic carbocycles. The number of nitrogens with zero attached hydrogens (tertiary/aromatic N) is 3. The first-order chi connectivity index (χ1) is 16.8. The van der Waals surface area contributed by atoms with Crippen LogP contribution in [0.1, 0.15) is 18.4 Å². The maximum Gasteiger partial charge on any atom is 0.310 e. The van der Waals surface area contributed by atoms with E-state index in [9.17, 15) is 35.1 Å². The van der Waals surface area contributed by atoms with E-state index in [0.717, 1.165) is 27.4 Å². The van der Waals surface area contributed by atoms with Crippen LogP contribution in [0, 0.1) is 30.3 Å². The topological polar surface area (TPSA) is 236 Å². The fraction of sp³-hybridized carbons (Fsp3) is 0.316. The first-order valence-corrected chi connectivity index (χ1v) is 10.2. The molecule has 0 spiro atoms. The highest BCUT2D eigenvalue weighted by atomic mass is 35.5. The van der Waals surface area contributed by atoms with Gasteiger partial charge in [-0.3, -0.25) is 4.79 Å². The summed E-state index contributed by atoms with van der Waals surface area (Å²) in [6, 6.07) is 11.4. The number of halogens is 1. The van der Waals surface area contributed by atoms with Crippen LogP contribution in [-0.2, 0) is 19.3 Å². The van der Waals surface area contributed by atoms with Crippen LogP contribution in [0.15, 0.2) is 36.4 Å². The Kier molecular flexibility index (Phi) is 9.12. The number of fused-ring (bicyclic) bond motifs is 3. The van der Waals surface area contributed by atoms with E-state index in [-0.39, 0.29) is 0 Å². The van der Waals surface area contributed by atoms with Gasteiger partial charge in [0.25, 0.3) is 15.3 Å². The number of nitrogens with one attached hydrogen (secondary N) is 1. The Morgan fingerprint density at radius 2 is 1.50 bits per heavy atom. The summed E-state index contributed by atoms with van der Waals surface area (Å²) in [4.78, 5) is 55.6. The smallest absolute Gasteiger partial charge is 0.310 e. The second-order valence-corrected chi connectivity index (χ2v) is 7.97. The molecule has 194 valence electrons. The summed E-state index contributed by atoms with van der Waals surface area (Å²) < 4.78 is 0. The molecular formula is C19H20ClN5O11. The van der Waals surface area contributed by atoms with Crippen LogP contribution in [0.25, 0.3) is 21.8 Å². The molecule has 0 fully saturated rings. The zero-order valence-corrected chi connectivity index (χ0v) is 19.2. The van der Waals surface area contributed by atoms with E-state index >= 15 is 0 Å². The number of nitrogens with two attached hydrogens (primary N) is 1. The van der Waals surface area contributed by atoms with Gasteiger partial charge in [-0.2, -0.15) is 0 Å². The standard InChI is InChI=1S/C15H12ClNO2.C4H8N4O9/c1-8(15(18)19)9-2-4-11-12-7-10(16)3-5-13(12)17-14(11)6-9;5-4(1-15-6(9)10,2-16-7(11)12)3-17-8(13)14/h2-8,17H,1H3,(H,18,19);1-3,5H2. The fourth-order valence-corrected chi connectivity index (χ4v) is 3.15. The summed E-state index contributed by atoms with van der Waals surface area (Å²) >= 11 is 6.01. The lowest BCUT2D eigenvalue weighted by atomic mass is 10.00. The third-order valence-electron chi connectivity index (χ3n) is 4.83. The van der Waals surface area contributed by atoms with Crippen LogP contribution in [0.3, 0.4) is 0 Å². The molecule has 0 aliphatic heterocycles. The Morgan fingerprint density at radius 3 is 1.97 bits per heavy atom. The molecule has 3 aromatic rings. The zero-order valence-electron chi connectivity index (χ0n) is 18.5. The molecule has 0 aliphatic rings. The molecule has 1 heterocycles. The molecule has 0 saturated carbocycles. The van der Waals surface area contributed by atoms with Gasteiger partial charge in [-0.25, -0.2) is 0 Å². The Labute approximate surface area is 205 Å². The van der Waals surface area contributed by atoms with Crippen LogP contribution in [0.4, 0.5) is 0 Å². The van der Waals surface area contributed by atoms with Gasteiger partial charge in [0.05, 0.1) is 11.5 Å². The number of aromatic amines is 1. The van der Waals surface area contributed by atoms with Gasteiger partial charge in [0.2, 0.25) is 0 Å². The number of aromatic nitrogens is 1. The minimum absolute atomic E-state index is 0.514. The monoisotopic (exact) mass is 529 g/mol. The second kappa shape index (κ2) is 11.8. The van der Waals surface area contributed by atoms with Crippen molar-refractivity contribution in [2.45, 2.75) is 18.4 Å². The Hall–Kier alpha value is -4.44. The molecule has 16 nitrogen and oxygen atoms in total. The van der Waals surface area contributed by atoms with Crippen molar-refractivity contribution in [1.82, 2.24) is 4.98 Å². The number of hydrogen-bond donors (Lipinski definition) is 3. The summed E-state index contributed by atoms with van der Waals surface area (Å²) in [6.45, 7) is -0.895. The summed E-state index contributed by atoms with van der Waals surface area (Å²) in [5, 5.41) is 37.9. The molecule has 0 radical (unpaired) electrons. The number of H-pyrrole nitrogens is 1. The lowest BCUT2D eigenvalue weighted by molar-refractivity contribution is -0.778. The average molecular weight is 530 g/mol. The predicted molar refractivity (Wildman–Crippen MR) is 123 cm³/mol. The normalized spacial score (nSPS) is 11.8. The van der Waals surface area contributed by atoms with Crippen LogP contribution < -0.4 is 5.73 Å². The molecule has 4 N–H and O–H groups in total. The van der Waals surface area contributed by atoms with Gasteiger partial charge in [0.15, 0.2) is 0 Å². The molecule has 1 unspecified atom stereocenters. The van der Waals surface area contributed by atoms with Gasteiger partial charge in [-0.1, -0.05) is 23.7 Å². The summed E-state index contributed by atoms with van der Waals surface area (Å²) in [5.74, 6) is -1.34. The van der Waals surface area contributed by atoms with Crippen LogP contribution in [-0.4, -0.2) is 56.7 Å². The van der Waals surface area contributed by atoms with Gasteiger partial charge in [0.1, 0.15) is 19.8 Å². The van der Waals surface area contributed by atoms with E-state index in [2.05, 4.69) is 19.5 Å². The number of carbonyl (C=O) groups is 1. The second-order valence-electron chi connectivity index (χ2n) is 7.53. The maximum atomic E-state index is 11.0. The lowest BCUT2D eigenvalue weighted by Crippen LogP contribution is -2.54. The van der Waals surface area contributed by atoms with E-state index in [1.165, 1.54) is 0 Å². The lowest BCUT2D eigenvalue weighted by Gasteiger charge is -2.25. The van der Waals surface area contributed by atoms with Crippen molar-refractivity contribution in [3.63, 3.8) is 0 Å². The van der Waals surface area contributed by atoms with Crippen molar-refractivity contribution < 1.29 is 39.7 Å². The van der Waals surface area contributed by atoms with Crippen molar-refractivity contribution in [2.75, 3.05) is 19.8 Å². The molecule has 0 bridgehead atoms. The molecule has 0 amide bonds. The van der Waals surface area contributed by atoms with Crippen molar-refractivity contribution in [3.8, 4) is 0 Å². The Bertz CT molecular complexity index is 1240. The molecule has 0 aliphatic carbocycles. The first-order valence-electron chi connectivity index (χ1n) is 9.86. The molecule has 1 atom stereocenters. The third-order valence-corrected chi connectivity index (χ3v) is 5.06.